The number of hydrogen-bond acceptors (Lipinski definition) is 6. The maximum Gasteiger partial charge on any atom is 0.262 e. The van der Waals surface area contributed by atoms with E-state index >= 15 is 0 Å². The highest BCUT2D eigenvalue weighted by atomic mass is 32.2. The predicted molar refractivity (Wildman–Crippen MR) is 133 cm³/mol. The lowest BCUT2D eigenvalue weighted by atomic mass is 10.2. The Morgan fingerprint density at radius 2 is 1.85 bits per heavy atom. The van der Waals surface area contributed by atoms with Crippen LogP contribution >= 0.6 is 11.8 Å². The van der Waals surface area contributed by atoms with E-state index in [2.05, 4.69) is 15.3 Å². The summed E-state index contributed by atoms with van der Waals surface area (Å²) in [7, 11) is 0. The average Bonchev–Trinajstić information content (AvgIpc) is 3.30. The van der Waals surface area contributed by atoms with Gasteiger partial charge in [0.2, 0.25) is 5.91 Å². The van der Waals surface area contributed by atoms with Crippen molar-refractivity contribution in [2.45, 2.75) is 24.7 Å². The molecule has 0 fully saturated rings. The zero-order chi connectivity index (χ0) is 23.5. The summed E-state index contributed by atoms with van der Waals surface area (Å²) < 4.78 is 7.47. The van der Waals surface area contributed by atoms with Crippen LogP contribution in [0.25, 0.3) is 21.9 Å². The SMILES string of the molecule is C[C@H](NC(=O)CSc1nc2ccccc2c(=O)n1Cc1ccncc1)c1cc2ccccc2o1. The second-order valence-corrected chi connectivity index (χ2v) is 8.87. The number of carbonyl (C=O) groups is 1. The molecule has 170 valence electrons. The molecule has 34 heavy (non-hydrogen) atoms. The van der Waals surface area contributed by atoms with Crippen LogP contribution in [0.4, 0.5) is 0 Å². The summed E-state index contributed by atoms with van der Waals surface area (Å²) in [6.45, 7) is 2.23. The van der Waals surface area contributed by atoms with Crippen LogP contribution in [0.1, 0.15) is 24.3 Å². The average molecular weight is 471 g/mol. The molecule has 0 aliphatic rings. The molecule has 2 aromatic carbocycles. The highest BCUT2D eigenvalue weighted by Gasteiger charge is 2.17. The molecule has 0 unspecified atom stereocenters. The molecular formula is C26H22N4O3S. The summed E-state index contributed by atoms with van der Waals surface area (Å²) in [6, 6.07) is 20.3. The lowest BCUT2D eigenvalue weighted by molar-refractivity contribution is -0.119. The first-order chi connectivity index (χ1) is 16.6. The topological polar surface area (TPSA) is 90.0 Å². The third-order valence-electron chi connectivity index (χ3n) is 5.50. The summed E-state index contributed by atoms with van der Waals surface area (Å²) in [5, 5.41) is 5.00. The zero-order valence-corrected chi connectivity index (χ0v) is 19.3. The fourth-order valence-corrected chi connectivity index (χ4v) is 4.58. The van der Waals surface area contributed by atoms with Crippen LogP contribution in [0.5, 0.6) is 0 Å². The Balaban J connectivity index is 1.35. The number of furan rings is 1. The van der Waals surface area contributed by atoms with E-state index in [1.165, 1.54) is 11.8 Å². The first-order valence-electron chi connectivity index (χ1n) is 10.9. The van der Waals surface area contributed by atoms with Crippen molar-refractivity contribution >= 4 is 39.5 Å². The number of rotatable bonds is 7. The van der Waals surface area contributed by atoms with Gasteiger partial charge in [0.15, 0.2) is 5.16 Å². The van der Waals surface area contributed by atoms with Gasteiger partial charge in [0.25, 0.3) is 5.56 Å². The molecule has 0 aliphatic heterocycles. The molecule has 1 N–H and O–H groups in total. The number of para-hydroxylation sites is 2. The molecule has 5 aromatic rings. The molecule has 1 amide bonds. The number of benzene rings is 2. The number of thioether (sulfide) groups is 1. The fraction of sp³-hybridized carbons (Fsp3) is 0.154. The Morgan fingerprint density at radius 1 is 1.09 bits per heavy atom. The van der Waals surface area contributed by atoms with Gasteiger partial charge in [-0.15, -0.1) is 0 Å². The van der Waals surface area contributed by atoms with Gasteiger partial charge >= 0.3 is 0 Å². The first-order valence-corrected chi connectivity index (χ1v) is 11.9. The van der Waals surface area contributed by atoms with Gasteiger partial charge in [0.05, 0.1) is 29.2 Å². The lowest BCUT2D eigenvalue weighted by Gasteiger charge is -2.14. The largest absolute Gasteiger partial charge is 0.459 e. The monoisotopic (exact) mass is 470 g/mol. The van der Waals surface area contributed by atoms with Gasteiger partial charge in [-0.3, -0.25) is 19.1 Å². The van der Waals surface area contributed by atoms with E-state index in [-0.39, 0.29) is 23.3 Å². The highest BCUT2D eigenvalue weighted by Crippen LogP contribution is 2.24. The molecule has 0 spiro atoms. The summed E-state index contributed by atoms with van der Waals surface area (Å²) in [4.78, 5) is 34.7. The Morgan fingerprint density at radius 3 is 2.68 bits per heavy atom. The number of nitrogens with zero attached hydrogens (tertiary/aromatic N) is 3. The van der Waals surface area contributed by atoms with Gasteiger partial charge in [0, 0.05) is 17.8 Å². The molecule has 0 bridgehead atoms. The van der Waals surface area contributed by atoms with E-state index in [0.29, 0.717) is 28.4 Å². The van der Waals surface area contributed by atoms with Crippen molar-refractivity contribution in [3.63, 3.8) is 0 Å². The number of fused-ring (bicyclic) bond motifs is 2. The molecule has 3 heterocycles. The van der Waals surface area contributed by atoms with Crippen LogP contribution in [0.3, 0.4) is 0 Å². The van der Waals surface area contributed by atoms with Crippen LogP contribution in [0, 0.1) is 0 Å². The zero-order valence-electron chi connectivity index (χ0n) is 18.5. The Kier molecular flexibility index (Phi) is 6.14. The standard InChI is InChI=1S/C26H22N4O3S/c1-17(23-14-19-6-2-5-9-22(19)33-23)28-24(31)16-34-26-29-21-8-4-3-7-20(21)25(32)30(26)15-18-10-12-27-13-11-18/h2-14,17H,15-16H2,1H3,(H,28,31)/t17-/m0/s1. The smallest absolute Gasteiger partial charge is 0.262 e. The minimum atomic E-state index is -0.288. The highest BCUT2D eigenvalue weighted by molar-refractivity contribution is 7.99. The van der Waals surface area contributed by atoms with E-state index in [9.17, 15) is 9.59 Å². The predicted octanol–water partition coefficient (Wildman–Crippen LogP) is 4.56. The maximum absolute atomic E-state index is 13.2. The minimum absolute atomic E-state index is 0.117. The van der Waals surface area contributed by atoms with Crippen LogP contribution in [0.15, 0.2) is 93.5 Å². The molecule has 1 atom stereocenters. The number of carbonyl (C=O) groups excluding carboxylic acids is 1. The number of nitrogens with one attached hydrogen (secondary N) is 1. The van der Waals surface area contributed by atoms with Crippen molar-refractivity contribution in [1.29, 1.82) is 0 Å². The Bertz CT molecular complexity index is 1490. The van der Waals surface area contributed by atoms with Crippen molar-refractivity contribution in [1.82, 2.24) is 19.9 Å². The van der Waals surface area contributed by atoms with Crippen LogP contribution in [-0.2, 0) is 11.3 Å². The van der Waals surface area contributed by atoms with Crippen LogP contribution in [-0.4, -0.2) is 26.2 Å². The lowest BCUT2D eigenvalue weighted by Crippen LogP contribution is -2.29. The second-order valence-electron chi connectivity index (χ2n) is 7.92. The molecule has 3 aromatic heterocycles. The Labute approximate surface area is 199 Å². The van der Waals surface area contributed by atoms with E-state index in [1.54, 1.807) is 29.1 Å². The second kappa shape index (κ2) is 9.52. The van der Waals surface area contributed by atoms with Crippen molar-refractivity contribution in [3.05, 3.63) is 101 Å². The molecule has 0 aliphatic carbocycles. The van der Waals surface area contributed by atoms with Gasteiger partial charge in [-0.25, -0.2) is 4.98 Å². The van der Waals surface area contributed by atoms with Crippen molar-refractivity contribution in [2.24, 2.45) is 0 Å². The number of pyridine rings is 1. The minimum Gasteiger partial charge on any atom is -0.459 e. The van der Waals surface area contributed by atoms with Gasteiger partial charge in [0.1, 0.15) is 11.3 Å². The molecular weight excluding hydrogens is 448 g/mol. The van der Waals surface area contributed by atoms with E-state index in [0.717, 1.165) is 16.5 Å². The summed E-state index contributed by atoms with van der Waals surface area (Å²) in [6.07, 6.45) is 3.38. The van der Waals surface area contributed by atoms with Gasteiger partial charge < -0.3 is 9.73 Å². The number of amides is 1. The number of aromatic nitrogens is 3. The molecule has 8 heteroatoms. The van der Waals surface area contributed by atoms with Crippen molar-refractivity contribution < 1.29 is 9.21 Å². The third-order valence-corrected chi connectivity index (χ3v) is 6.47. The third kappa shape index (κ3) is 4.58. The molecule has 0 saturated carbocycles. The maximum atomic E-state index is 13.2. The molecule has 5 rings (SSSR count). The van der Waals surface area contributed by atoms with E-state index < -0.39 is 0 Å². The molecule has 0 radical (unpaired) electrons. The number of hydrogen-bond donors (Lipinski definition) is 1. The molecule has 7 nitrogen and oxygen atoms in total. The van der Waals surface area contributed by atoms with E-state index in [1.807, 2.05) is 61.5 Å². The summed E-state index contributed by atoms with van der Waals surface area (Å²) in [5.41, 5.74) is 2.19. The summed E-state index contributed by atoms with van der Waals surface area (Å²) >= 11 is 1.24. The van der Waals surface area contributed by atoms with Gasteiger partial charge in [-0.1, -0.05) is 42.1 Å². The van der Waals surface area contributed by atoms with Crippen LogP contribution in [0.2, 0.25) is 0 Å². The van der Waals surface area contributed by atoms with Gasteiger partial charge in [-0.05, 0) is 48.9 Å². The Hall–Kier alpha value is -3.91. The fourth-order valence-electron chi connectivity index (χ4n) is 3.77. The summed E-state index contributed by atoms with van der Waals surface area (Å²) in [5.74, 6) is 0.639. The van der Waals surface area contributed by atoms with Crippen molar-refractivity contribution in [2.75, 3.05) is 5.75 Å². The quantitative estimate of drug-likeness (QED) is 0.277. The van der Waals surface area contributed by atoms with Crippen molar-refractivity contribution in [3.8, 4) is 0 Å². The van der Waals surface area contributed by atoms with E-state index in [4.69, 9.17) is 4.42 Å². The van der Waals surface area contributed by atoms with Gasteiger partial charge in [-0.2, -0.15) is 0 Å². The first kappa shape index (κ1) is 21.9. The van der Waals surface area contributed by atoms with Crippen LogP contribution < -0.4 is 10.9 Å². The molecule has 0 saturated heterocycles. The normalized spacial score (nSPS) is 12.1.